The van der Waals surface area contributed by atoms with Gasteiger partial charge in [-0.15, -0.1) is 0 Å². The van der Waals surface area contributed by atoms with Crippen molar-refractivity contribution in [3.8, 4) is 0 Å². The Morgan fingerprint density at radius 2 is 1.76 bits per heavy atom. The predicted octanol–water partition coefficient (Wildman–Crippen LogP) is 5.13. The lowest BCUT2D eigenvalue weighted by molar-refractivity contribution is -0.177. The number of ketones is 1. The van der Waals surface area contributed by atoms with Crippen LogP contribution in [0.15, 0.2) is 0 Å². The van der Waals surface area contributed by atoms with Gasteiger partial charge in [-0.1, -0.05) is 13.8 Å². The zero-order valence-electron chi connectivity index (χ0n) is 16.2. The number of carbonyl (C=O) groups excluding carboxylic acids is 1. The van der Waals surface area contributed by atoms with Crippen LogP contribution in [0.4, 0.5) is 0 Å². The fourth-order valence-electron chi connectivity index (χ4n) is 9.15. The number of rotatable bonds is 0. The molecule has 5 aliphatic carbocycles. The zero-order chi connectivity index (χ0) is 17.4. The van der Waals surface area contributed by atoms with Gasteiger partial charge < -0.3 is 5.11 Å². The molecule has 2 heteroatoms. The summed E-state index contributed by atoms with van der Waals surface area (Å²) in [5.74, 6) is 3.55. The van der Waals surface area contributed by atoms with Gasteiger partial charge in [0, 0.05) is 12.3 Å². The molecule has 0 bridgehead atoms. The highest BCUT2D eigenvalue weighted by molar-refractivity contribution is 5.83. The summed E-state index contributed by atoms with van der Waals surface area (Å²) in [4.78, 5) is 12.6. The molecule has 1 N–H and O–H groups in total. The van der Waals surface area contributed by atoms with Gasteiger partial charge in [0.05, 0.1) is 6.10 Å². The number of fused-ring (bicyclic) bond motifs is 4. The molecular weight excluding hydrogens is 308 g/mol. The lowest BCUT2D eigenvalue weighted by Gasteiger charge is -2.65. The van der Waals surface area contributed by atoms with Crippen molar-refractivity contribution in [2.24, 2.45) is 39.9 Å². The van der Waals surface area contributed by atoms with Crippen molar-refractivity contribution in [2.75, 3.05) is 0 Å². The Hall–Kier alpha value is -0.370. The van der Waals surface area contributed by atoms with Gasteiger partial charge in [0.15, 0.2) is 0 Å². The van der Waals surface area contributed by atoms with Crippen LogP contribution in [0.3, 0.4) is 0 Å². The third-order valence-electron chi connectivity index (χ3n) is 10.5. The van der Waals surface area contributed by atoms with E-state index in [0.29, 0.717) is 27.9 Å². The molecule has 0 aromatic carbocycles. The number of hydrogen-bond acceptors (Lipinski definition) is 2. The van der Waals surface area contributed by atoms with Gasteiger partial charge in [-0.25, -0.2) is 0 Å². The first-order valence-electron chi connectivity index (χ1n) is 11.1. The molecule has 25 heavy (non-hydrogen) atoms. The Morgan fingerprint density at radius 1 is 0.920 bits per heavy atom. The Kier molecular flexibility index (Phi) is 3.58. The van der Waals surface area contributed by atoms with E-state index in [4.69, 9.17) is 0 Å². The lowest BCUT2D eigenvalue weighted by atomic mass is 9.39. The van der Waals surface area contributed by atoms with E-state index in [1.165, 1.54) is 51.4 Å². The van der Waals surface area contributed by atoms with E-state index in [9.17, 15) is 9.90 Å². The van der Waals surface area contributed by atoms with Crippen molar-refractivity contribution in [3.05, 3.63) is 0 Å². The minimum absolute atomic E-state index is 0.0728. The third-order valence-corrected chi connectivity index (χ3v) is 10.5. The first-order chi connectivity index (χ1) is 11.9. The van der Waals surface area contributed by atoms with E-state index >= 15 is 0 Å². The maximum Gasteiger partial charge on any atom is 0.136 e. The number of Topliss-reactive ketones (excluding diaryl/α,β-unsaturated/α-hetero) is 1. The van der Waals surface area contributed by atoms with E-state index < -0.39 is 0 Å². The number of carbonyl (C=O) groups is 1. The van der Waals surface area contributed by atoms with E-state index in [1.807, 2.05) is 0 Å². The van der Waals surface area contributed by atoms with Gasteiger partial charge in [0.1, 0.15) is 5.78 Å². The molecule has 5 rings (SSSR count). The average molecular weight is 345 g/mol. The lowest BCUT2D eigenvalue weighted by Crippen LogP contribution is -2.59. The minimum atomic E-state index is -0.0728. The molecule has 4 unspecified atom stereocenters. The Bertz CT molecular complexity index is 585. The second-order valence-electron chi connectivity index (χ2n) is 11.0. The van der Waals surface area contributed by atoms with Gasteiger partial charge in [-0.05, 0) is 105 Å². The quantitative estimate of drug-likeness (QED) is 0.661. The summed E-state index contributed by atoms with van der Waals surface area (Å²) >= 11 is 0. The van der Waals surface area contributed by atoms with Crippen molar-refractivity contribution < 1.29 is 9.90 Å². The molecule has 0 radical (unpaired) electrons. The monoisotopic (exact) mass is 344 g/mol. The molecule has 140 valence electrons. The molecule has 0 aliphatic heterocycles. The first kappa shape index (κ1) is 16.8. The van der Waals surface area contributed by atoms with E-state index in [1.54, 1.807) is 0 Å². The SMILES string of the molecule is CC12CCC3C4CC[C@@H]5C(=O)CCC[C@]45CCC3[C@@]1(C)CC[C@@H](O)C2. The second kappa shape index (κ2) is 5.33. The summed E-state index contributed by atoms with van der Waals surface area (Å²) in [5, 5.41) is 10.3. The molecule has 0 heterocycles. The van der Waals surface area contributed by atoms with E-state index in [2.05, 4.69) is 13.8 Å². The van der Waals surface area contributed by atoms with E-state index in [-0.39, 0.29) is 6.10 Å². The van der Waals surface area contributed by atoms with Crippen LogP contribution in [0.1, 0.15) is 90.9 Å². The fourth-order valence-corrected chi connectivity index (χ4v) is 9.15. The van der Waals surface area contributed by atoms with Crippen LogP contribution in [0, 0.1) is 39.9 Å². The molecule has 2 nitrogen and oxygen atoms in total. The van der Waals surface area contributed by atoms with Gasteiger partial charge >= 0.3 is 0 Å². The van der Waals surface area contributed by atoms with Crippen molar-refractivity contribution in [3.63, 3.8) is 0 Å². The van der Waals surface area contributed by atoms with Crippen LogP contribution in [-0.2, 0) is 4.79 Å². The van der Waals surface area contributed by atoms with Crippen LogP contribution in [0.25, 0.3) is 0 Å². The minimum Gasteiger partial charge on any atom is -0.393 e. The predicted molar refractivity (Wildman–Crippen MR) is 99.0 cm³/mol. The summed E-state index contributed by atoms with van der Waals surface area (Å²) in [6.07, 6.45) is 14.4. The molecule has 5 saturated carbocycles. The average Bonchev–Trinajstić information content (AvgIpc) is 2.97. The highest BCUT2D eigenvalue weighted by Crippen LogP contribution is 2.72. The topological polar surface area (TPSA) is 37.3 Å². The fraction of sp³-hybridized carbons (Fsp3) is 0.957. The number of aliphatic hydroxyl groups is 1. The summed E-state index contributed by atoms with van der Waals surface area (Å²) in [7, 11) is 0. The molecule has 5 aliphatic rings. The summed E-state index contributed by atoms with van der Waals surface area (Å²) in [6.45, 7) is 5.06. The highest BCUT2D eigenvalue weighted by atomic mass is 16.3. The summed E-state index contributed by atoms with van der Waals surface area (Å²) in [5.41, 5.74) is 1.14. The van der Waals surface area contributed by atoms with Crippen LogP contribution in [-0.4, -0.2) is 17.0 Å². The molecule has 5 fully saturated rings. The van der Waals surface area contributed by atoms with Crippen LogP contribution in [0.5, 0.6) is 0 Å². The van der Waals surface area contributed by atoms with Crippen molar-refractivity contribution in [2.45, 2.75) is 97.0 Å². The zero-order valence-corrected chi connectivity index (χ0v) is 16.2. The van der Waals surface area contributed by atoms with Crippen molar-refractivity contribution in [1.29, 1.82) is 0 Å². The van der Waals surface area contributed by atoms with Gasteiger partial charge in [-0.2, -0.15) is 0 Å². The maximum atomic E-state index is 12.6. The molecule has 0 aromatic rings. The molecule has 0 amide bonds. The Balaban J connectivity index is 1.48. The van der Waals surface area contributed by atoms with Gasteiger partial charge in [0.25, 0.3) is 0 Å². The van der Waals surface area contributed by atoms with Crippen LogP contribution >= 0.6 is 0 Å². The highest BCUT2D eigenvalue weighted by Gasteiger charge is 2.65. The second-order valence-corrected chi connectivity index (χ2v) is 11.0. The normalized spacial score (nSPS) is 58.0. The summed E-state index contributed by atoms with van der Waals surface area (Å²) in [6, 6.07) is 0. The van der Waals surface area contributed by atoms with Gasteiger partial charge in [-0.3, -0.25) is 4.79 Å². The summed E-state index contributed by atoms with van der Waals surface area (Å²) < 4.78 is 0. The first-order valence-corrected chi connectivity index (χ1v) is 11.1. The largest absolute Gasteiger partial charge is 0.393 e. The third kappa shape index (κ3) is 2.04. The molecule has 8 atom stereocenters. The molecule has 1 spiro atoms. The standard InChI is InChI=1S/C23H36O2/c1-21-11-8-16-17(22(21,2)12-7-15(24)14-21)9-13-23-10-3-4-20(25)19(23)6-5-18(16)23/h15-19,24H,3-14H2,1-2H3/t15-,16?,17?,18?,19-,21?,22-,23+/m1/s1. The molecular formula is C23H36O2. The van der Waals surface area contributed by atoms with Crippen molar-refractivity contribution in [1.82, 2.24) is 0 Å². The van der Waals surface area contributed by atoms with Crippen molar-refractivity contribution >= 4 is 5.78 Å². The Labute approximate surface area is 153 Å². The number of aliphatic hydroxyl groups excluding tert-OH is 1. The molecule has 0 aromatic heterocycles. The van der Waals surface area contributed by atoms with Crippen LogP contribution < -0.4 is 0 Å². The number of hydrogen-bond donors (Lipinski definition) is 1. The van der Waals surface area contributed by atoms with Gasteiger partial charge in [0.2, 0.25) is 0 Å². The maximum absolute atomic E-state index is 12.6. The molecule has 0 saturated heterocycles. The smallest absolute Gasteiger partial charge is 0.136 e. The Morgan fingerprint density at radius 3 is 2.60 bits per heavy atom. The van der Waals surface area contributed by atoms with E-state index in [0.717, 1.165) is 43.4 Å². The van der Waals surface area contributed by atoms with Crippen LogP contribution in [0.2, 0.25) is 0 Å².